The zero-order valence-corrected chi connectivity index (χ0v) is 45.6. The van der Waals surface area contributed by atoms with E-state index in [-0.39, 0.29) is 18.5 Å². The minimum Gasteiger partial charge on any atom is -0.466 e. The maximum Gasteiger partial charge on any atom is 0.305 e. The van der Waals surface area contributed by atoms with Gasteiger partial charge in [0.25, 0.3) is 0 Å². The fourth-order valence-electron chi connectivity index (χ4n) is 9.21. The molecule has 0 saturated heterocycles. The van der Waals surface area contributed by atoms with E-state index in [0.29, 0.717) is 19.4 Å². The largest absolute Gasteiger partial charge is 0.466 e. The second-order valence-electron chi connectivity index (χ2n) is 20.7. The molecule has 6 nitrogen and oxygen atoms in total. The van der Waals surface area contributed by atoms with Crippen LogP contribution in [0.5, 0.6) is 0 Å². The second-order valence-corrected chi connectivity index (χ2v) is 20.7. The van der Waals surface area contributed by atoms with Crippen LogP contribution in [0, 0.1) is 0 Å². The Morgan fingerprint density at radius 3 is 1.06 bits per heavy atom. The van der Waals surface area contributed by atoms with Crippen molar-refractivity contribution in [3.8, 4) is 0 Å². The van der Waals surface area contributed by atoms with Gasteiger partial charge in [-0.2, -0.15) is 0 Å². The number of carbonyl (C=O) groups is 2. The van der Waals surface area contributed by atoms with Crippen molar-refractivity contribution in [1.29, 1.82) is 0 Å². The van der Waals surface area contributed by atoms with Gasteiger partial charge in [-0.3, -0.25) is 9.59 Å². The van der Waals surface area contributed by atoms with Gasteiger partial charge in [0, 0.05) is 12.8 Å². The summed E-state index contributed by atoms with van der Waals surface area (Å²) >= 11 is 0. The standard InChI is InChI=1S/C62H117NO5/c1-3-5-7-9-11-13-15-17-19-21-23-25-27-30-34-38-42-46-50-54-60(65)59(58-64)63-61(66)55-51-47-43-39-35-31-29-33-37-41-45-49-53-57-68-62(67)56-52-48-44-40-36-32-28-26-24-22-20-18-16-14-12-10-8-6-4-2/h18,20,31,35,50,54,59-60,64-65H,3-17,19,21-30,32-34,36-49,51-53,55-58H2,1-2H3,(H,63,66)/b20-18-,35-31-,54-50+. The van der Waals surface area contributed by atoms with E-state index in [1.165, 1.54) is 225 Å². The molecular weight excluding hydrogens is 839 g/mol. The Kier molecular flexibility index (Phi) is 56.0. The molecule has 0 heterocycles. The molecule has 0 fully saturated rings. The van der Waals surface area contributed by atoms with Crippen LogP contribution in [0.1, 0.15) is 322 Å². The van der Waals surface area contributed by atoms with Crippen molar-refractivity contribution >= 4 is 11.9 Å². The van der Waals surface area contributed by atoms with Gasteiger partial charge >= 0.3 is 5.97 Å². The predicted octanol–water partition coefficient (Wildman–Crippen LogP) is 18.8. The van der Waals surface area contributed by atoms with E-state index in [2.05, 4.69) is 43.5 Å². The van der Waals surface area contributed by atoms with Gasteiger partial charge in [-0.05, 0) is 83.5 Å². The van der Waals surface area contributed by atoms with Gasteiger partial charge in [-0.1, -0.05) is 262 Å². The minimum absolute atomic E-state index is 0.0142. The van der Waals surface area contributed by atoms with E-state index in [4.69, 9.17) is 4.74 Å². The first-order chi connectivity index (χ1) is 33.5. The van der Waals surface area contributed by atoms with Crippen LogP contribution >= 0.6 is 0 Å². The summed E-state index contributed by atoms with van der Waals surface area (Å²) < 4.78 is 5.48. The number of unbranched alkanes of at least 4 members (excludes halogenated alkanes) is 41. The maximum atomic E-state index is 12.5. The van der Waals surface area contributed by atoms with Crippen LogP contribution < -0.4 is 5.32 Å². The van der Waals surface area contributed by atoms with Gasteiger partial charge in [-0.25, -0.2) is 0 Å². The number of allylic oxidation sites excluding steroid dienone is 5. The van der Waals surface area contributed by atoms with Crippen LogP contribution in [0.15, 0.2) is 36.5 Å². The fraction of sp³-hybridized carbons (Fsp3) is 0.871. The normalized spacial score (nSPS) is 12.8. The van der Waals surface area contributed by atoms with Crippen molar-refractivity contribution in [2.24, 2.45) is 0 Å². The average molecular weight is 957 g/mol. The van der Waals surface area contributed by atoms with Gasteiger partial charge in [-0.15, -0.1) is 0 Å². The molecule has 6 heteroatoms. The fourth-order valence-corrected chi connectivity index (χ4v) is 9.21. The number of hydrogen-bond acceptors (Lipinski definition) is 5. The molecule has 68 heavy (non-hydrogen) atoms. The molecule has 0 bridgehead atoms. The van der Waals surface area contributed by atoms with E-state index < -0.39 is 12.1 Å². The third-order valence-electron chi connectivity index (χ3n) is 13.9. The highest BCUT2D eigenvalue weighted by atomic mass is 16.5. The number of rotatable bonds is 56. The third-order valence-corrected chi connectivity index (χ3v) is 13.9. The van der Waals surface area contributed by atoms with Crippen LogP contribution in [0.4, 0.5) is 0 Å². The van der Waals surface area contributed by atoms with Gasteiger partial charge in [0.1, 0.15) is 0 Å². The van der Waals surface area contributed by atoms with Crippen LogP contribution in [-0.4, -0.2) is 47.4 Å². The molecule has 0 radical (unpaired) electrons. The lowest BCUT2D eigenvalue weighted by Gasteiger charge is -2.19. The van der Waals surface area contributed by atoms with Gasteiger partial charge in [0.05, 0.1) is 25.4 Å². The molecule has 0 aliphatic heterocycles. The van der Waals surface area contributed by atoms with Gasteiger partial charge in [0.2, 0.25) is 5.91 Å². The first-order valence-electron chi connectivity index (χ1n) is 30.3. The molecule has 0 aromatic carbocycles. The molecule has 0 aliphatic carbocycles. The predicted molar refractivity (Wildman–Crippen MR) is 296 cm³/mol. The number of aliphatic hydroxyl groups excluding tert-OH is 2. The summed E-state index contributed by atoms with van der Waals surface area (Å²) in [4.78, 5) is 24.6. The number of esters is 1. The highest BCUT2D eigenvalue weighted by Gasteiger charge is 2.18. The van der Waals surface area contributed by atoms with E-state index in [1.54, 1.807) is 6.08 Å². The van der Waals surface area contributed by atoms with Crippen molar-refractivity contribution in [3.05, 3.63) is 36.5 Å². The van der Waals surface area contributed by atoms with E-state index in [1.807, 2.05) is 6.08 Å². The van der Waals surface area contributed by atoms with Crippen molar-refractivity contribution in [2.75, 3.05) is 13.2 Å². The van der Waals surface area contributed by atoms with Crippen LogP contribution in [0.2, 0.25) is 0 Å². The molecule has 2 atom stereocenters. The summed E-state index contributed by atoms with van der Waals surface area (Å²) in [6.07, 6.45) is 71.7. The Morgan fingerprint density at radius 1 is 0.397 bits per heavy atom. The average Bonchev–Trinajstić information content (AvgIpc) is 3.34. The number of hydrogen-bond donors (Lipinski definition) is 3. The summed E-state index contributed by atoms with van der Waals surface area (Å²) in [6.45, 7) is 4.87. The lowest BCUT2D eigenvalue weighted by atomic mass is 10.0. The first kappa shape index (κ1) is 66.1. The molecule has 0 aromatic rings. The SMILES string of the molecule is CCCCCCCC/C=C\CCCCCCCCCCCC(=O)OCCCCCCCC/C=C\CCCCCC(=O)NC(CO)C(O)/C=C/CCCCCCCCCCCCCCCCCCC. The van der Waals surface area contributed by atoms with E-state index in [9.17, 15) is 19.8 Å². The second kappa shape index (κ2) is 57.7. The lowest BCUT2D eigenvalue weighted by molar-refractivity contribution is -0.143. The number of amides is 1. The molecule has 1 amide bonds. The van der Waals surface area contributed by atoms with Crippen molar-refractivity contribution < 1.29 is 24.5 Å². The minimum atomic E-state index is -0.863. The molecule has 0 aromatic heterocycles. The van der Waals surface area contributed by atoms with Crippen molar-refractivity contribution in [1.82, 2.24) is 5.32 Å². The quantitative estimate of drug-likeness (QED) is 0.0321. The summed E-state index contributed by atoms with van der Waals surface area (Å²) in [5.41, 5.74) is 0. The molecule has 0 saturated carbocycles. The number of aliphatic hydroxyl groups is 2. The Labute approximate surface area is 424 Å². The number of carbonyl (C=O) groups excluding carboxylic acids is 2. The van der Waals surface area contributed by atoms with E-state index in [0.717, 1.165) is 70.6 Å². The summed E-state index contributed by atoms with van der Waals surface area (Å²) in [7, 11) is 0. The van der Waals surface area contributed by atoms with Gasteiger partial charge < -0.3 is 20.3 Å². The molecule has 0 spiro atoms. The molecule has 0 rings (SSSR count). The number of ether oxygens (including phenoxy) is 1. The Bertz CT molecular complexity index is 1100. The summed E-state index contributed by atoms with van der Waals surface area (Å²) in [5.74, 6) is -0.110. The molecule has 400 valence electrons. The molecular formula is C62H117NO5. The zero-order chi connectivity index (χ0) is 49.3. The molecule has 3 N–H and O–H groups in total. The summed E-state index contributed by atoms with van der Waals surface area (Å²) in [6, 6.07) is -0.649. The van der Waals surface area contributed by atoms with Gasteiger partial charge in [0.15, 0.2) is 0 Å². The molecule has 2 unspecified atom stereocenters. The Hall–Kier alpha value is -1.92. The highest BCUT2D eigenvalue weighted by molar-refractivity contribution is 5.76. The first-order valence-corrected chi connectivity index (χ1v) is 30.3. The van der Waals surface area contributed by atoms with Crippen molar-refractivity contribution in [3.63, 3.8) is 0 Å². The lowest BCUT2D eigenvalue weighted by Crippen LogP contribution is -2.45. The number of nitrogens with one attached hydrogen (secondary N) is 1. The van der Waals surface area contributed by atoms with Crippen LogP contribution in [0.3, 0.4) is 0 Å². The zero-order valence-electron chi connectivity index (χ0n) is 45.6. The maximum absolute atomic E-state index is 12.5. The topological polar surface area (TPSA) is 95.9 Å². The highest BCUT2D eigenvalue weighted by Crippen LogP contribution is 2.17. The summed E-state index contributed by atoms with van der Waals surface area (Å²) in [5, 5.41) is 23.1. The third kappa shape index (κ3) is 53.4. The van der Waals surface area contributed by atoms with E-state index >= 15 is 0 Å². The van der Waals surface area contributed by atoms with Crippen LogP contribution in [-0.2, 0) is 14.3 Å². The molecule has 0 aliphatic rings. The van der Waals surface area contributed by atoms with Crippen molar-refractivity contribution in [2.45, 2.75) is 334 Å². The monoisotopic (exact) mass is 956 g/mol. The Morgan fingerprint density at radius 2 is 0.691 bits per heavy atom. The smallest absolute Gasteiger partial charge is 0.305 e. The van der Waals surface area contributed by atoms with Crippen LogP contribution in [0.25, 0.3) is 0 Å². The Balaban J connectivity index is 3.51.